The number of benzene rings is 2. The van der Waals surface area contributed by atoms with Gasteiger partial charge in [0.1, 0.15) is 0 Å². The van der Waals surface area contributed by atoms with Crippen LogP contribution in [-0.4, -0.2) is 0 Å². The van der Waals surface area contributed by atoms with Crippen LogP contribution in [0.3, 0.4) is 0 Å². The van der Waals surface area contributed by atoms with Gasteiger partial charge in [-0.2, -0.15) is 0 Å². The Bertz CT molecular complexity index is 701. The largest absolute Gasteiger partial charge is 0.0561 e. The number of hydrogen-bond donors (Lipinski definition) is 0. The summed E-state index contributed by atoms with van der Waals surface area (Å²) in [7, 11) is 0. The molecule has 0 N–H and O–H groups in total. The van der Waals surface area contributed by atoms with Crippen molar-refractivity contribution in [3.05, 3.63) is 57.6 Å². The Labute approximate surface area is 147 Å². The van der Waals surface area contributed by atoms with Gasteiger partial charge >= 0.3 is 0 Å². The van der Waals surface area contributed by atoms with Gasteiger partial charge in [0.25, 0.3) is 0 Å². The minimum atomic E-state index is 0.238. The molecule has 0 fully saturated rings. The highest BCUT2D eigenvalue weighted by Crippen LogP contribution is 2.45. The quantitative estimate of drug-likeness (QED) is 0.547. The Morgan fingerprint density at radius 1 is 0.500 bits per heavy atom. The van der Waals surface area contributed by atoms with Crippen LogP contribution in [0.1, 0.15) is 74.9 Å². The zero-order valence-corrected chi connectivity index (χ0v) is 16.1. The summed E-state index contributed by atoms with van der Waals surface area (Å²) in [6, 6.07) is 9.98. The van der Waals surface area contributed by atoms with Crippen LogP contribution in [0, 0.1) is 0 Å². The summed E-state index contributed by atoms with van der Waals surface area (Å²) >= 11 is 0. The highest BCUT2D eigenvalue weighted by Gasteiger charge is 2.29. The zero-order chi connectivity index (χ0) is 17.3. The van der Waals surface area contributed by atoms with E-state index in [0.29, 0.717) is 0 Å². The van der Waals surface area contributed by atoms with Gasteiger partial charge < -0.3 is 0 Å². The summed E-state index contributed by atoms with van der Waals surface area (Å²) < 4.78 is 0. The minimum absolute atomic E-state index is 0.238. The molecule has 0 radical (unpaired) electrons. The van der Waals surface area contributed by atoms with Crippen molar-refractivity contribution in [3.8, 4) is 11.1 Å². The molecule has 0 aliphatic heterocycles. The summed E-state index contributed by atoms with van der Waals surface area (Å²) in [5.41, 5.74) is 13.0. The molecule has 0 nitrogen and oxygen atoms in total. The first-order valence-electron chi connectivity index (χ1n) is 9.47. The lowest BCUT2D eigenvalue weighted by molar-refractivity contribution is 0.585. The predicted molar refractivity (Wildman–Crippen MR) is 104 cm³/mol. The molecule has 2 aliphatic carbocycles. The highest BCUT2D eigenvalue weighted by atomic mass is 14.3. The molecule has 0 saturated heterocycles. The molecule has 0 bridgehead atoms. The van der Waals surface area contributed by atoms with Crippen LogP contribution < -0.4 is 0 Å². The van der Waals surface area contributed by atoms with E-state index in [2.05, 4.69) is 65.8 Å². The second-order valence-corrected chi connectivity index (χ2v) is 9.84. The third-order valence-electron chi connectivity index (χ3n) is 5.91. The van der Waals surface area contributed by atoms with Crippen molar-refractivity contribution in [1.82, 2.24) is 0 Å². The zero-order valence-electron chi connectivity index (χ0n) is 16.1. The van der Waals surface area contributed by atoms with Gasteiger partial charge in [-0.25, -0.2) is 0 Å². The van der Waals surface area contributed by atoms with E-state index in [4.69, 9.17) is 0 Å². The molecule has 0 saturated carbocycles. The number of hydrogen-bond acceptors (Lipinski definition) is 0. The van der Waals surface area contributed by atoms with Gasteiger partial charge in [0.2, 0.25) is 0 Å². The van der Waals surface area contributed by atoms with Crippen LogP contribution in [0.15, 0.2) is 24.3 Å². The molecule has 0 unspecified atom stereocenters. The third kappa shape index (κ3) is 2.42. The fourth-order valence-corrected chi connectivity index (χ4v) is 4.37. The van der Waals surface area contributed by atoms with E-state index in [0.717, 1.165) is 0 Å². The standard InChI is InChI=1S/C24H30/c1-23(2,3)19-11-15-7-9-17-13-20(24(4,5)6)14-18-10-8-16(12-19)21(15)22(17)18/h11-14H,7-10H2,1-6H3. The van der Waals surface area contributed by atoms with Crippen LogP contribution in [0.2, 0.25) is 0 Å². The van der Waals surface area contributed by atoms with Crippen molar-refractivity contribution >= 4 is 0 Å². The maximum Gasteiger partial charge on any atom is -0.0114 e. The van der Waals surface area contributed by atoms with Gasteiger partial charge in [-0.05, 0) is 81.0 Å². The Morgan fingerprint density at radius 2 is 0.750 bits per heavy atom. The first kappa shape index (κ1) is 15.9. The summed E-state index contributed by atoms with van der Waals surface area (Å²) in [6.07, 6.45) is 4.80. The average molecular weight is 319 g/mol. The van der Waals surface area contributed by atoms with Gasteiger partial charge in [-0.15, -0.1) is 0 Å². The summed E-state index contributed by atoms with van der Waals surface area (Å²) in [5.74, 6) is 0. The van der Waals surface area contributed by atoms with Crippen LogP contribution in [0.5, 0.6) is 0 Å². The molecule has 0 heterocycles. The van der Waals surface area contributed by atoms with Crippen molar-refractivity contribution in [3.63, 3.8) is 0 Å². The molecule has 0 aromatic heterocycles. The first-order chi connectivity index (χ1) is 11.1. The average Bonchev–Trinajstić information content (AvgIpc) is 2.50. The smallest absolute Gasteiger partial charge is 0.0114 e. The summed E-state index contributed by atoms with van der Waals surface area (Å²) in [6.45, 7) is 14.0. The summed E-state index contributed by atoms with van der Waals surface area (Å²) in [4.78, 5) is 0. The third-order valence-corrected chi connectivity index (χ3v) is 5.91. The van der Waals surface area contributed by atoms with E-state index in [1.807, 2.05) is 0 Å². The molecule has 24 heavy (non-hydrogen) atoms. The maximum atomic E-state index is 2.49. The second kappa shape index (κ2) is 4.97. The lowest BCUT2D eigenvalue weighted by atomic mass is 9.71. The fraction of sp³-hybridized carbons (Fsp3) is 0.500. The van der Waals surface area contributed by atoms with Crippen molar-refractivity contribution in [2.24, 2.45) is 0 Å². The van der Waals surface area contributed by atoms with E-state index in [9.17, 15) is 0 Å². The molecule has 2 aliphatic rings. The lowest BCUT2D eigenvalue weighted by Gasteiger charge is -2.34. The van der Waals surface area contributed by atoms with Crippen molar-refractivity contribution < 1.29 is 0 Å². The van der Waals surface area contributed by atoms with E-state index in [1.165, 1.54) is 36.8 Å². The monoisotopic (exact) mass is 318 g/mol. The lowest BCUT2D eigenvalue weighted by Crippen LogP contribution is -2.20. The van der Waals surface area contributed by atoms with Gasteiger partial charge in [0.15, 0.2) is 0 Å². The van der Waals surface area contributed by atoms with Gasteiger partial charge in [0, 0.05) is 0 Å². The Hall–Kier alpha value is -1.56. The van der Waals surface area contributed by atoms with Crippen LogP contribution >= 0.6 is 0 Å². The Kier molecular flexibility index (Phi) is 3.30. The van der Waals surface area contributed by atoms with Crippen LogP contribution in [0.25, 0.3) is 11.1 Å². The van der Waals surface area contributed by atoms with Gasteiger partial charge in [-0.3, -0.25) is 0 Å². The molecule has 0 spiro atoms. The topological polar surface area (TPSA) is 0 Å². The second-order valence-electron chi connectivity index (χ2n) is 9.84. The molecular weight excluding hydrogens is 288 g/mol. The molecule has 0 heteroatoms. The maximum absolute atomic E-state index is 2.49. The van der Waals surface area contributed by atoms with E-state index in [1.54, 1.807) is 33.4 Å². The van der Waals surface area contributed by atoms with Crippen LogP contribution in [-0.2, 0) is 36.5 Å². The minimum Gasteiger partial charge on any atom is -0.0561 e. The normalized spacial score (nSPS) is 16.1. The Morgan fingerprint density at radius 3 is 0.958 bits per heavy atom. The van der Waals surface area contributed by atoms with Gasteiger partial charge in [-0.1, -0.05) is 65.8 Å². The SMILES string of the molecule is CC(C)(C)c1cc2c3c(c1)CCc1cc(C(C)(C)C)cc(c1-3)CC2. The number of aryl methyl sites for hydroxylation is 4. The molecule has 2 aromatic carbocycles. The first-order valence-corrected chi connectivity index (χ1v) is 9.47. The molecule has 2 aromatic rings. The molecule has 0 amide bonds. The highest BCUT2D eigenvalue weighted by molar-refractivity contribution is 5.81. The molecule has 4 rings (SSSR count). The van der Waals surface area contributed by atoms with E-state index >= 15 is 0 Å². The summed E-state index contributed by atoms with van der Waals surface area (Å²) in [5, 5.41) is 0. The Balaban J connectivity index is 1.95. The van der Waals surface area contributed by atoms with Crippen LogP contribution in [0.4, 0.5) is 0 Å². The predicted octanol–water partition coefficient (Wildman–Crippen LogP) is 6.15. The van der Waals surface area contributed by atoms with E-state index < -0.39 is 0 Å². The van der Waals surface area contributed by atoms with Crippen molar-refractivity contribution in [1.29, 1.82) is 0 Å². The van der Waals surface area contributed by atoms with E-state index in [-0.39, 0.29) is 10.8 Å². The molecular formula is C24H30. The van der Waals surface area contributed by atoms with Gasteiger partial charge in [0.05, 0.1) is 0 Å². The van der Waals surface area contributed by atoms with Crippen molar-refractivity contribution in [2.45, 2.75) is 78.1 Å². The molecule has 126 valence electrons. The fourth-order valence-electron chi connectivity index (χ4n) is 4.37. The molecule has 0 atom stereocenters. The van der Waals surface area contributed by atoms with Crippen molar-refractivity contribution in [2.75, 3.05) is 0 Å². The number of rotatable bonds is 0.